The molecule has 5 rings (SSSR count). The summed E-state index contributed by atoms with van der Waals surface area (Å²) in [4.78, 5) is 32.0. The van der Waals surface area contributed by atoms with Crippen LogP contribution in [0.2, 0.25) is 0 Å². The van der Waals surface area contributed by atoms with E-state index in [2.05, 4.69) is 33.3 Å². The van der Waals surface area contributed by atoms with Crippen LogP contribution in [0.25, 0.3) is 22.2 Å². The number of hydrogen-bond donors (Lipinski definition) is 2. The highest BCUT2D eigenvalue weighted by molar-refractivity contribution is 5.95. The molecule has 0 saturated heterocycles. The maximum absolute atomic E-state index is 14.4. The van der Waals surface area contributed by atoms with Gasteiger partial charge in [0.05, 0.1) is 29.7 Å². The predicted molar refractivity (Wildman–Crippen MR) is 156 cm³/mol. The first kappa shape index (κ1) is 26.3. The van der Waals surface area contributed by atoms with Crippen molar-refractivity contribution < 1.29 is 4.74 Å². The summed E-state index contributed by atoms with van der Waals surface area (Å²) in [7, 11) is 1.61. The number of nitrogens with one attached hydrogen (secondary N) is 1. The van der Waals surface area contributed by atoms with Gasteiger partial charge in [0.1, 0.15) is 35.4 Å². The Morgan fingerprint density at radius 1 is 1.18 bits per heavy atom. The molecule has 3 heterocycles. The van der Waals surface area contributed by atoms with Gasteiger partial charge >= 0.3 is 0 Å². The van der Waals surface area contributed by atoms with E-state index in [0.717, 1.165) is 23.1 Å². The molecular formula is C30H28N8O2. The van der Waals surface area contributed by atoms with E-state index in [0.29, 0.717) is 34.7 Å². The van der Waals surface area contributed by atoms with Crippen molar-refractivity contribution in [1.82, 2.24) is 19.5 Å². The minimum Gasteiger partial charge on any atom is -0.484 e. The molecule has 0 bridgehead atoms. The number of nitriles is 1. The maximum atomic E-state index is 14.4. The number of hydrogen-bond acceptors (Lipinski definition) is 9. The Hall–Kier alpha value is -5.30. The summed E-state index contributed by atoms with van der Waals surface area (Å²) in [5.74, 6) is 1.39. The molecule has 0 radical (unpaired) electrons. The number of nitrogens with two attached hydrogens (primary N) is 1. The second-order valence-electron chi connectivity index (χ2n) is 9.25. The lowest BCUT2D eigenvalue weighted by Crippen LogP contribution is -2.28. The van der Waals surface area contributed by atoms with Crippen molar-refractivity contribution >= 4 is 34.0 Å². The highest BCUT2D eigenvalue weighted by Gasteiger charge is 2.22. The summed E-state index contributed by atoms with van der Waals surface area (Å²) in [5, 5.41) is 13.3. The molecule has 200 valence electrons. The lowest BCUT2D eigenvalue weighted by Gasteiger charge is -2.21. The standard InChI is InChI=1S/C30H28N8O2/c1-4-19-13-20(16-33-25(14-19)40-3)22-11-8-12-24-26(22)30(39)38(21-9-6-5-7-10-21)29(37-24)18(2)36-28-23(15-31)27(32)34-17-35-28/h5-13,16-18H,4,14H2,1-3H3,(H3,32,34,35,36). The Balaban J connectivity index is 1.74. The summed E-state index contributed by atoms with van der Waals surface area (Å²) in [5.41, 5.74) is 9.66. The molecule has 40 heavy (non-hydrogen) atoms. The molecule has 4 aromatic rings. The van der Waals surface area contributed by atoms with Crippen LogP contribution in [0.4, 0.5) is 11.6 Å². The van der Waals surface area contributed by atoms with Gasteiger partial charge in [0, 0.05) is 18.2 Å². The average molecular weight is 533 g/mol. The molecule has 1 unspecified atom stereocenters. The van der Waals surface area contributed by atoms with E-state index in [4.69, 9.17) is 15.5 Å². The Morgan fingerprint density at radius 2 is 1.98 bits per heavy atom. The molecule has 10 heteroatoms. The zero-order valence-electron chi connectivity index (χ0n) is 22.4. The van der Waals surface area contributed by atoms with Crippen molar-refractivity contribution in [2.24, 2.45) is 4.99 Å². The lowest BCUT2D eigenvalue weighted by molar-refractivity contribution is 0.393. The van der Waals surface area contributed by atoms with Crippen LogP contribution in [0.3, 0.4) is 0 Å². The number of methoxy groups -OCH3 is 1. The largest absolute Gasteiger partial charge is 0.484 e. The summed E-state index contributed by atoms with van der Waals surface area (Å²) in [6.45, 7) is 3.93. The van der Waals surface area contributed by atoms with E-state index < -0.39 is 6.04 Å². The number of para-hydroxylation sites is 1. The molecule has 0 saturated carbocycles. The molecule has 0 aliphatic carbocycles. The van der Waals surface area contributed by atoms with E-state index in [9.17, 15) is 10.1 Å². The van der Waals surface area contributed by atoms with Crippen LogP contribution in [0.15, 0.2) is 82.5 Å². The molecule has 1 aliphatic heterocycles. The Bertz CT molecular complexity index is 1780. The average Bonchev–Trinajstić information content (AvgIpc) is 3.19. The maximum Gasteiger partial charge on any atom is 0.266 e. The number of nitrogen functional groups attached to an aromatic ring is 1. The van der Waals surface area contributed by atoms with Gasteiger partial charge in [-0.05, 0) is 37.1 Å². The minimum absolute atomic E-state index is 0.0687. The summed E-state index contributed by atoms with van der Waals surface area (Å²) >= 11 is 0. The number of aromatic nitrogens is 4. The number of benzene rings is 2. The van der Waals surface area contributed by atoms with Crippen LogP contribution in [0.5, 0.6) is 0 Å². The van der Waals surface area contributed by atoms with Gasteiger partial charge in [-0.25, -0.2) is 19.9 Å². The monoisotopic (exact) mass is 532 g/mol. The van der Waals surface area contributed by atoms with E-state index >= 15 is 0 Å². The number of fused-ring (bicyclic) bond motifs is 1. The number of nitrogens with zero attached hydrogens (tertiary/aromatic N) is 6. The van der Waals surface area contributed by atoms with Gasteiger partial charge in [-0.3, -0.25) is 9.36 Å². The second kappa shape index (κ2) is 11.2. The van der Waals surface area contributed by atoms with Gasteiger partial charge in [-0.2, -0.15) is 5.26 Å². The zero-order chi connectivity index (χ0) is 28.2. The van der Waals surface area contributed by atoms with Gasteiger partial charge in [-0.15, -0.1) is 0 Å². The van der Waals surface area contributed by atoms with Crippen molar-refractivity contribution in [3.63, 3.8) is 0 Å². The van der Waals surface area contributed by atoms with Crippen molar-refractivity contribution in [3.8, 4) is 11.8 Å². The number of ether oxygens (including phenoxy) is 1. The molecule has 3 N–H and O–H groups in total. The van der Waals surface area contributed by atoms with Crippen LogP contribution in [0.1, 0.15) is 49.7 Å². The van der Waals surface area contributed by atoms with Gasteiger partial charge in [0.2, 0.25) is 0 Å². The number of rotatable bonds is 6. The Morgan fingerprint density at radius 3 is 2.70 bits per heavy atom. The summed E-state index contributed by atoms with van der Waals surface area (Å²) in [6.07, 6.45) is 6.52. The Labute approximate surface area is 231 Å². The van der Waals surface area contributed by atoms with Crippen molar-refractivity contribution in [2.75, 3.05) is 18.2 Å². The Kier molecular flexibility index (Phi) is 7.37. The van der Waals surface area contributed by atoms with Crippen LogP contribution < -0.4 is 16.6 Å². The first-order valence-electron chi connectivity index (χ1n) is 12.8. The smallest absolute Gasteiger partial charge is 0.266 e. The van der Waals surface area contributed by atoms with Gasteiger partial charge in [0.25, 0.3) is 5.56 Å². The molecule has 2 aromatic heterocycles. The fraction of sp³-hybridized carbons (Fsp3) is 0.200. The molecule has 2 aromatic carbocycles. The lowest BCUT2D eigenvalue weighted by atomic mass is 9.98. The van der Waals surface area contributed by atoms with E-state index in [1.807, 2.05) is 61.5 Å². The first-order valence-corrected chi connectivity index (χ1v) is 12.8. The molecule has 0 fully saturated rings. The fourth-order valence-corrected chi connectivity index (χ4v) is 4.68. The van der Waals surface area contributed by atoms with Crippen LogP contribution in [-0.4, -0.2) is 32.5 Å². The van der Waals surface area contributed by atoms with E-state index in [1.165, 1.54) is 6.33 Å². The minimum atomic E-state index is -0.528. The molecule has 0 spiro atoms. The summed E-state index contributed by atoms with van der Waals surface area (Å²) in [6, 6.07) is 16.4. The van der Waals surface area contributed by atoms with Crippen LogP contribution in [0, 0.1) is 11.3 Å². The van der Waals surface area contributed by atoms with Crippen molar-refractivity contribution in [3.05, 3.63) is 100 Å². The normalized spacial score (nSPS) is 13.9. The topological polar surface area (TPSA) is 144 Å². The third-order valence-corrected chi connectivity index (χ3v) is 6.75. The molecule has 1 atom stereocenters. The predicted octanol–water partition coefficient (Wildman–Crippen LogP) is 4.93. The number of allylic oxidation sites excluding steroid dienone is 2. The summed E-state index contributed by atoms with van der Waals surface area (Å²) < 4.78 is 7.02. The third kappa shape index (κ3) is 4.92. The van der Waals surface area contributed by atoms with Crippen LogP contribution in [-0.2, 0) is 4.74 Å². The molecule has 0 amide bonds. The zero-order valence-corrected chi connectivity index (χ0v) is 22.4. The van der Waals surface area contributed by atoms with Crippen LogP contribution >= 0.6 is 0 Å². The third-order valence-electron chi connectivity index (χ3n) is 6.75. The van der Waals surface area contributed by atoms with Gasteiger partial charge < -0.3 is 15.8 Å². The van der Waals surface area contributed by atoms with Gasteiger partial charge in [0.15, 0.2) is 5.90 Å². The SMILES string of the molecule is CCC1=CC(c2cccc3nc(C(C)Nc4ncnc(N)c4C#N)n(-c4ccccc4)c(=O)c23)=CN=C(OC)C1. The van der Waals surface area contributed by atoms with Gasteiger partial charge in [-0.1, -0.05) is 48.9 Å². The number of aliphatic imine (C=N–C) groups is 1. The van der Waals surface area contributed by atoms with Crippen molar-refractivity contribution in [2.45, 2.75) is 32.7 Å². The molecule has 10 nitrogen and oxygen atoms in total. The number of anilines is 2. The molecular weight excluding hydrogens is 504 g/mol. The second-order valence-corrected chi connectivity index (χ2v) is 9.25. The highest BCUT2D eigenvalue weighted by atomic mass is 16.5. The first-order chi connectivity index (χ1) is 19.4. The molecule has 1 aliphatic rings. The highest BCUT2D eigenvalue weighted by Crippen LogP contribution is 2.30. The van der Waals surface area contributed by atoms with E-state index in [1.54, 1.807) is 17.9 Å². The van der Waals surface area contributed by atoms with E-state index in [-0.39, 0.29) is 22.8 Å². The fourth-order valence-electron chi connectivity index (χ4n) is 4.68. The van der Waals surface area contributed by atoms with Crippen molar-refractivity contribution in [1.29, 1.82) is 5.26 Å². The quantitative estimate of drug-likeness (QED) is 0.356.